The number of ether oxygens (including phenoxy) is 2. The number of hydrogen-bond donors (Lipinski definition) is 0. The van der Waals surface area contributed by atoms with Gasteiger partial charge in [-0.15, -0.1) is 0 Å². The van der Waals surface area contributed by atoms with E-state index in [0.29, 0.717) is 23.9 Å². The van der Waals surface area contributed by atoms with Crippen LogP contribution in [0.25, 0.3) is 0 Å². The predicted molar refractivity (Wildman–Crippen MR) is 212 cm³/mol. The molecule has 0 saturated heterocycles. The summed E-state index contributed by atoms with van der Waals surface area (Å²) in [6.07, 6.45) is 45.0. The number of esters is 2. The molecule has 0 heterocycles. The first kappa shape index (κ1) is 50.8. The van der Waals surface area contributed by atoms with Gasteiger partial charge in [-0.05, 0) is 64.2 Å². The molecule has 0 saturated carbocycles. The lowest BCUT2D eigenvalue weighted by atomic mass is 10.1. The van der Waals surface area contributed by atoms with E-state index < -0.39 is 6.10 Å². The van der Waals surface area contributed by atoms with E-state index >= 15 is 0 Å². The Kier molecular flexibility index (Phi) is 39.5. The van der Waals surface area contributed by atoms with E-state index in [0.717, 1.165) is 32.1 Å². The van der Waals surface area contributed by atoms with Gasteiger partial charge in [-0.3, -0.25) is 9.59 Å². The number of allylic oxidation sites excluding steroid dienone is 4. The third-order valence-corrected chi connectivity index (χ3v) is 9.27. The Bertz CT molecular complexity index is 791. The second-order valence-electron chi connectivity index (χ2n) is 15.6. The fourth-order valence-electron chi connectivity index (χ4n) is 6.27. The van der Waals surface area contributed by atoms with Crippen molar-refractivity contribution in [2.45, 2.75) is 213 Å². The largest absolute Gasteiger partial charge is 1.00 e. The lowest BCUT2D eigenvalue weighted by Crippen LogP contribution is -3.00. The van der Waals surface area contributed by atoms with Crippen LogP contribution < -0.4 is 12.4 Å². The molecule has 296 valence electrons. The van der Waals surface area contributed by atoms with Crippen LogP contribution in [0.4, 0.5) is 0 Å². The normalized spacial score (nSPS) is 12.4. The summed E-state index contributed by atoms with van der Waals surface area (Å²) in [5.74, 6) is -0.344. The molecular weight excluding hydrogens is 642 g/mol. The smallest absolute Gasteiger partial charge is 0.306 e. The van der Waals surface area contributed by atoms with Crippen molar-refractivity contribution in [3.63, 3.8) is 0 Å². The molecule has 0 aromatic heterocycles. The molecule has 0 N–H and O–H groups in total. The minimum atomic E-state index is -0.398. The summed E-state index contributed by atoms with van der Waals surface area (Å²) in [6.45, 7) is 5.32. The fourth-order valence-corrected chi connectivity index (χ4v) is 6.27. The summed E-state index contributed by atoms with van der Waals surface area (Å²) in [5, 5.41) is 0. The van der Waals surface area contributed by atoms with Gasteiger partial charge in [-0.2, -0.15) is 0 Å². The first-order chi connectivity index (χ1) is 23.8. The lowest BCUT2D eigenvalue weighted by molar-refractivity contribution is -0.873. The molecule has 0 spiro atoms. The number of nitrogens with zero attached hydrogens (tertiary/aromatic N) is 1. The number of hydrogen-bond acceptors (Lipinski definition) is 4. The van der Waals surface area contributed by atoms with Crippen molar-refractivity contribution >= 4 is 11.9 Å². The van der Waals surface area contributed by atoms with E-state index in [1.54, 1.807) is 0 Å². The molecule has 1 atom stereocenters. The Morgan fingerprint density at radius 2 is 0.800 bits per heavy atom. The Balaban J connectivity index is 0. The molecule has 1 unspecified atom stereocenters. The Morgan fingerprint density at radius 1 is 0.480 bits per heavy atom. The van der Waals surface area contributed by atoms with Crippen molar-refractivity contribution in [3.05, 3.63) is 24.3 Å². The van der Waals surface area contributed by atoms with E-state index in [9.17, 15) is 9.59 Å². The third kappa shape index (κ3) is 41.1. The number of carbonyl (C=O) groups is 2. The molecule has 5 nitrogen and oxygen atoms in total. The van der Waals surface area contributed by atoms with Crippen molar-refractivity contribution in [1.82, 2.24) is 0 Å². The average molecular weight is 727 g/mol. The number of halogens is 1. The highest BCUT2D eigenvalue weighted by molar-refractivity contribution is 5.70. The SMILES string of the molecule is CCCCCCCC/C=C\CCCCCCCCCC(=O)OC(COC(=O)CCCCCCC/C=C\CCCCCCCC)C[N+](C)(C)C.[Cl-]. The first-order valence-electron chi connectivity index (χ1n) is 21.2. The molecule has 6 heteroatoms. The molecule has 0 amide bonds. The number of rotatable bonds is 37. The Morgan fingerprint density at radius 3 is 1.16 bits per heavy atom. The fraction of sp³-hybridized carbons (Fsp3) is 0.864. The Labute approximate surface area is 318 Å². The molecule has 0 bridgehead atoms. The highest BCUT2D eigenvalue weighted by Gasteiger charge is 2.23. The van der Waals surface area contributed by atoms with E-state index in [2.05, 4.69) is 59.3 Å². The predicted octanol–water partition coefficient (Wildman–Crippen LogP) is 10.0. The van der Waals surface area contributed by atoms with Gasteiger partial charge in [-0.1, -0.05) is 154 Å². The second kappa shape index (κ2) is 38.9. The maximum Gasteiger partial charge on any atom is 0.306 e. The number of quaternary nitrogens is 1. The topological polar surface area (TPSA) is 52.6 Å². The Hall–Kier alpha value is -1.33. The zero-order valence-electron chi connectivity index (χ0n) is 34.0. The van der Waals surface area contributed by atoms with Gasteiger partial charge in [0.25, 0.3) is 0 Å². The summed E-state index contributed by atoms with van der Waals surface area (Å²) in [7, 11) is 6.21. The van der Waals surface area contributed by atoms with E-state index in [1.807, 2.05) is 0 Å². The number of carbonyl (C=O) groups excluding carboxylic acids is 2. The van der Waals surface area contributed by atoms with Crippen molar-refractivity contribution < 1.29 is 36.0 Å². The summed E-state index contributed by atoms with van der Waals surface area (Å²) in [6, 6.07) is 0. The zero-order valence-corrected chi connectivity index (χ0v) is 34.7. The molecule has 0 aliphatic carbocycles. The van der Waals surface area contributed by atoms with E-state index in [4.69, 9.17) is 9.47 Å². The van der Waals surface area contributed by atoms with Crippen LogP contribution in [-0.2, 0) is 19.1 Å². The molecule has 0 fully saturated rings. The van der Waals surface area contributed by atoms with Crippen LogP contribution in [0.3, 0.4) is 0 Å². The molecule has 0 rings (SSSR count). The number of unbranched alkanes of at least 4 members (excludes halogenated alkanes) is 24. The monoisotopic (exact) mass is 726 g/mol. The highest BCUT2D eigenvalue weighted by Crippen LogP contribution is 2.14. The van der Waals surface area contributed by atoms with Gasteiger partial charge >= 0.3 is 11.9 Å². The van der Waals surface area contributed by atoms with Crippen molar-refractivity contribution in [1.29, 1.82) is 0 Å². The van der Waals surface area contributed by atoms with Crippen LogP contribution in [0.5, 0.6) is 0 Å². The summed E-state index contributed by atoms with van der Waals surface area (Å²) in [4.78, 5) is 25.0. The maximum atomic E-state index is 12.6. The quantitative estimate of drug-likeness (QED) is 0.0277. The summed E-state index contributed by atoms with van der Waals surface area (Å²) < 4.78 is 12.0. The van der Waals surface area contributed by atoms with Gasteiger partial charge in [0, 0.05) is 12.8 Å². The lowest BCUT2D eigenvalue weighted by Gasteiger charge is -2.28. The van der Waals surface area contributed by atoms with Gasteiger partial charge in [-0.25, -0.2) is 0 Å². The molecular formula is C44H84ClNO4. The van der Waals surface area contributed by atoms with Crippen LogP contribution in [0, 0.1) is 0 Å². The van der Waals surface area contributed by atoms with Gasteiger partial charge < -0.3 is 26.4 Å². The minimum Gasteiger partial charge on any atom is -1.00 e. The van der Waals surface area contributed by atoms with Gasteiger partial charge in [0.05, 0.1) is 21.1 Å². The van der Waals surface area contributed by atoms with Crippen molar-refractivity contribution in [3.8, 4) is 0 Å². The molecule has 0 aromatic rings. The molecule has 0 radical (unpaired) electrons. The molecule has 50 heavy (non-hydrogen) atoms. The van der Waals surface area contributed by atoms with Gasteiger partial charge in [0.2, 0.25) is 0 Å². The maximum absolute atomic E-state index is 12.6. The molecule has 0 aliphatic rings. The van der Waals surface area contributed by atoms with Crippen LogP contribution in [0.2, 0.25) is 0 Å². The van der Waals surface area contributed by atoms with Crippen LogP contribution >= 0.6 is 0 Å². The van der Waals surface area contributed by atoms with Crippen LogP contribution in [0.15, 0.2) is 24.3 Å². The second-order valence-corrected chi connectivity index (χ2v) is 15.6. The van der Waals surface area contributed by atoms with Crippen LogP contribution in [0.1, 0.15) is 206 Å². The molecule has 0 aliphatic heterocycles. The van der Waals surface area contributed by atoms with E-state index in [-0.39, 0.29) is 31.0 Å². The molecule has 0 aromatic carbocycles. The number of likely N-dealkylation sites (N-methyl/N-ethyl adjacent to an activating group) is 1. The first-order valence-corrected chi connectivity index (χ1v) is 21.2. The van der Waals surface area contributed by atoms with Gasteiger partial charge in [0.15, 0.2) is 6.10 Å². The minimum absolute atomic E-state index is 0. The summed E-state index contributed by atoms with van der Waals surface area (Å²) >= 11 is 0. The summed E-state index contributed by atoms with van der Waals surface area (Å²) in [5.41, 5.74) is 0. The average Bonchev–Trinajstić information content (AvgIpc) is 3.06. The van der Waals surface area contributed by atoms with Crippen LogP contribution in [-0.4, -0.2) is 56.8 Å². The standard InChI is InChI=1S/C44H84NO4.ClH/c1-6-8-10-12-14-16-18-20-22-23-25-27-29-31-33-35-37-39-44(47)49-42(40-45(3,4)5)41-48-43(46)38-36-34-32-30-28-26-24-21-19-17-15-13-11-9-7-2;/h20-22,24,42H,6-19,23,25-41H2,1-5H3;1H/q+1;/p-1/b22-20-,24-21-;. The van der Waals surface area contributed by atoms with E-state index in [1.165, 1.54) is 148 Å². The zero-order chi connectivity index (χ0) is 36.1. The van der Waals surface area contributed by atoms with Crippen molar-refractivity contribution in [2.24, 2.45) is 0 Å². The highest BCUT2D eigenvalue weighted by atomic mass is 35.5. The van der Waals surface area contributed by atoms with Crippen molar-refractivity contribution in [2.75, 3.05) is 34.3 Å². The third-order valence-electron chi connectivity index (χ3n) is 9.27. The van der Waals surface area contributed by atoms with Gasteiger partial charge in [0.1, 0.15) is 13.2 Å².